The SMILES string of the molecule is CCCCCCCCCC[CH][Si](C)(C)C. The molecule has 0 nitrogen and oxygen atoms in total. The van der Waals surface area contributed by atoms with E-state index in [4.69, 9.17) is 0 Å². The van der Waals surface area contributed by atoms with Gasteiger partial charge < -0.3 is 0 Å². The minimum Gasteiger partial charge on any atom is -0.0693 e. The van der Waals surface area contributed by atoms with Crippen molar-refractivity contribution in [3.63, 3.8) is 0 Å². The highest BCUT2D eigenvalue weighted by atomic mass is 28.3. The summed E-state index contributed by atoms with van der Waals surface area (Å²) in [4.78, 5) is 0. The Hall–Kier alpha value is 0.217. The molecule has 0 aliphatic carbocycles. The van der Waals surface area contributed by atoms with E-state index in [2.05, 4.69) is 32.6 Å². The molecule has 0 aliphatic heterocycles. The van der Waals surface area contributed by atoms with Crippen molar-refractivity contribution < 1.29 is 0 Å². The molecular weight excluding hydrogens is 196 g/mol. The lowest BCUT2D eigenvalue weighted by Crippen LogP contribution is -2.20. The van der Waals surface area contributed by atoms with Crippen molar-refractivity contribution in [1.29, 1.82) is 0 Å². The topological polar surface area (TPSA) is 0 Å². The number of hydrogen-bond acceptors (Lipinski definition) is 0. The third kappa shape index (κ3) is 14.2. The molecule has 0 saturated carbocycles. The van der Waals surface area contributed by atoms with Crippen molar-refractivity contribution >= 4 is 8.07 Å². The Kier molecular flexibility index (Phi) is 9.58. The highest BCUT2D eigenvalue weighted by Crippen LogP contribution is 2.14. The minimum absolute atomic E-state index is 0.868. The molecule has 0 atom stereocenters. The largest absolute Gasteiger partial charge is 0.0693 e. The van der Waals surface area contributed by atoms with E-state index in [1.165, 1.54) is 57.8 Å². The van der Waals surface area contributed by atoms with E-state index in [-0.39, 0.29) is 0 Å². The van der Waals surface area contributed by atoms with Gasteiger partial charge in [0.25, 0.3) is 0 Å². The molecule has 0 aromatic heterocycles. The van der Waals surface area contributed by atoms with E-state index in [0.29, 0.717) is 0 Å². The van der Waals surface area contributed by atoms with Gasteiger partial charge in [-0.15, -0.1) is 0 Å². The van der Waals surface area contributed by atoms with Gasteiger partial charge in [-0.3, -0.25) is 0 Å². The Morgan fingerprint density at radius 1 is 0.733 bits per heavy atom. The molecule has 0 aliphatic rings. The Balaban J connectivity index is 2.99. The van der Waals surface area contributed by atoms with Gasteiger partial charge in [0, 0.05) is 8.07 Å². The first-order valence-electron chi connectivity index (χ1n) is 6.90. The second-order valence-corrected chi connectivity index (χ2v) is 11.0. The molecule has 1 heteroatoms. The number of hydrogen-bond donors (Lipinski definition) is 0. The van der Waals surface area contributed by atoms with Gasteiger partial charge in [-0.25, -0.2) is 0 Å². The summed E-state index contributed by atoms with van der Waals surface area (Å²) in [6.07, 6.45) is 12.9. The van der Waals surface area contributed by atoms with Crippen LogP contribution in [-0.4, -0.2) is 8.07 Å². The minimum atomic E-state index is -0.868. The smallest absolute Gasteiger partial charge is 0.0473 e. The van der Waals surface area contributed by atoms with Crippen LogP contribution >= 0.6 is 0 Å². The molecule has 0 bridgehead atoms. The summed E-state index contributed by atoms with van der Waals surface area (Å²) in [5.74, 6) is 0. The highest BCUT2D eigenvalue weighted by molar-refractivity contribution is 6.79. The van der Waals surface area contributed by atoms with Crippen LogP contribution in [0.3, 0.4) is 0 Å². The van der Waals surface area contributed by atoms with Gasteiger partial charge in [0.2, 0.25) is 0 Å². The fourth-order valence-corrected chi connectivity index (χ4v) is 2.88. The Morgan fingerprint density at radius 3 is 1.67 bits per heavy atom. The number of rotatable bonds is 10. The predicted octanol–water partition coefficient (Wildman–Crippen LogP) is 5.60. The van der Waals surface area contributed by atoms with Gasteiger partial charge in [0.1, 0.15) is 0 Å². The maximum atomic E-state index is 2.60. The van der Waals surface area contributed by atoms with E-state index < -0.39 is 8.07 Å². The van der Waals surface area contributed by atoms with Crippen LogP contribution in [0, 0.1) is 6.04 Å². The van der Waals surface area contributed by atoms with Crippen molar-refractivity contribution in [1.82, 2.24) is 0 Å². The van der Waals surface area contributed by atoms with E-state index >= 15 is 0 Å². The van der Waals surface area contributed by atoms with Crippen molar-refractivity contribution in [3.8, 4) is 0 Å². The zero-order valence-corrected chi connectivity index (χ0v) is 12.4. The summed E-state index contributed by atoms with van der Waals surface area (Å²) in [5, 5.41) is 0. The predicted molar refractivity (Wildman–Crippen MR) is 74.9 cm³/mol. The first kappa shape index (κ1) is 15.2. The molecule has 1 radical (unpaired) electrons. The molecule has 0 aromatic rings. The first-order chi connectivity index (χ1) is 7.06. The van der Waals surface area contributed by atoms with Crippen LogP contribution in [0.1, 0.15) is 64.7 Å². The summed E-state index contributed by atoms with van der Waals surface area (Å²) in [5.41, 5.74) is 0. The first-order valence-corrected chi connectivity index (χ1v) is 10.5. The van der Waals surface area contributed by atoms with Crippen LogP contribution < -0.4 is 0 Å². The lowest BCUT2D eigenvalue weighted by molar-refractivity contribution is 0.576. The monoisotopic (exact) mass is 227 g/mol. The van der Waals surface area contributed by atoms with Crippen molar-refractivity contribution in [2.75, 3.05) is 0 Å². The van der Waals surface area contributed by atoms with Gasteiger partial charge >= 0.3 is 0 Å². The second-order valence-electron chi connectivity index (χ2n) is 5.83. The van der Waals surface area contributed by atoms with Crippen molar-refractivity contribution in [3.05, 3.63) is 6.04 Å². The van der Waals surface area contributed by atoms with E-state index in [0.717, 1.165) is 0 Å². The average Bonchev–Trinajstić information content (AvgIpc) is 2.14. The van der Waals surface area contributed by atoms with E-state index in [9.17, 15) is 0 Å². The Bertz CT molecular complexity index is 124. The van der Waals surface area contributed by atoms with Gasteiger partial charge in [-0.2, -0.15) is 0 Å². The lowest BCUT2D eigenvalue weighted by Gasteiger charge is -2.14. The third-order valence-corrected chi connectivity index (χ3v) is 4.33. The molecule has 0 fully saturated rings. The van der Waals surface area contributed by atoms with Crippen LogP contribution in [0.2, 0.25) is 19.6 Å². The van der Waals surface area contributed by atoms with Crippen molar-refractivity contribution in [2.45, 2.75) is 84.4 Å². The third-order valence-electron chi connectivity index (χ3n) is 2.81. The zero-order chi connectivity index (χ0) is 11.6. The molecule has 0 amide bonds. The van der Waals surface area contributed by atoms with Crippen molar-refractivity contribution in [2.24, 2.45) is 0 Å². The molecular formula is C14H31Si. The molecule has 91 valence electrons. The lowest BCUT2D eigenvalue weighted by atomic mass is 10.1. The van der Waals surface area contributed by atoms with E-state index in [1.54, 1.807) is 0 Å². The fourth-order valence-electron chi connectivity index (χ4n) is 1.81. The standard InChI is InChI=1S/C14H31Si/c1-5-6-7-8-9-10-11-12-13-14-15(2,3)4/h14H,5-13H2,1-4H3. The average molecular weight is 227 g/mol. The fraction of sp³-hybridized carbons (Fsp3) is 0.929. The van der Waals surface area contributed by atoms with Gasteiger partial charge in [-0.1, -0.05) is 84.4 Å². The zero-order valence-electron chi connectivity index (χ0n) is 11.4. The number of unbranched alkanes of at least 4 members (excludes halogenated alkanes) is 8. The van der Waals surface area contributed by atoms with Gasteiger partial charge in [0.15, 0.2) is 0 Å². The summed E-state index contributed by atoms with van der Waals surface area (Å²) in [6.45, 7) is 9.57. The van der Waals surface area contributed by atoms with Crippen LogP contribution in [0.5, 0.6) is 0 Å². The molecule has 0 unspecified atom stereocenters. The van der Waals surface area contributed by atoms with Crippen LogP contribution in [0.15, 0.2) is 0 Å². The quantitative estimate of drug-likeness (QED) is 0.337. The summed E-state index contributed by atoms with van der Waals surface area (Å²) in [7, 11) is -0.868. The normalized spacial score (nSPS) is 12.0. The van der Waals surface area contributed by atoms with Gasteiger partial charge in [0.05, 0.1) is 0 Å². The second kappa shape index (κ2) is 9.44. The van der Waals surface area contributed by atoms with Gasteiger partial charge in [-0.05, 0) is 6.04 Å². The van der Waals surface area contributed by atoms with Crippen LogP contribution in [0.25, 0.3) is 0 Å². The molecule has 0 spiro atoms. The Labute approximate surface area is 98.9 Å². The molecule has 0 aromatic carbocycles. The molecule has 15 heavy (non-hydrogen) atoms. The molecule has 0 rings (SSSR count). The van der Waals surface area contributed by atoms with Crippen LogP contribution in [0.4, 0.5) is 0 Å². The maximum Gasteiger partial charge on any atom is 0.0473 e. The van der Waals surface area contributed by atoms with Crippen LogP contribution in [-0.2, 0) is 0 Å². The summed E-state index contributed by atoms with van der Waals surface area (Å²) >= 11 is 0. The highest BCUT2D eigenvalue weighted by Gasteiger charge is 2.11. The molecule has 0 heterocycles. The molecule has 0 N–H and O–H groups in total. The molecule has 0 saturated heterocycles. The Morgan fingerprint density at radius 2 is 1.20 bits per heavy atom. The van der Waals surface area contributed by atoms with E-state index in [1.807, 2.05) is 0 Å². The summed E-state index contributed by atoms with van der Waals surface area (Å²) < 4.78 is 0. The summed E-state index contributed by atoms with van der Waals surface area (Å²) in [6, 6.07) is 2.60. The maximum absolute atomic E-state index is 2.60.